The van der Waals surface area contributed by atoms with Crippen molar-refractivity contribution in [1.82, 2.24) is 15.2 Å². The zero-order valence-electron chi connectivity index (χ0n) is 14.2. The van der Waals surface area contributed by atoms with Crippen LogP contribution < -0.4 is 5.32 Å². The Balaban J connectivity index is 1.57. The van der Waals surface area contributed by atoms with Crippen molar-refractivity contribution in [3.8, 4) is 0 Å². The fourth-order valence-electron chi connectivity index (χ4n) is 2.58. The van der Waals surface area contributed by atoms with Crippen LogP contribution in [0.5, 0.6) is 0 Å². The number of amides is 2. The molecule has 0 aliphatic carbocycles. The Labute approximate surface area is 150 Å². The summed E-state index contributed by atoms with van der Waals surface area (Å²) in [5, 5.41) is 5.88. The molecule has 25 heavy (non-hydrogen) atoms. The lowest BCUT2D eigenvalue weighted by Gasteiger charge is -2.26. The normalized spacial score (nSPS) is 14.4. The highest BCUT2D eigenvalue weighted by Gasteiger charge is 2.18. The van der Waals surface area contributed by atoms with Crippen molar-refractivity contribution in [1.29, 1.82) is 0 Å². The van der Waals surface area contributed by atoms with E-state index in [0.29, 0.717) is 44.0 Å². The van der Waals surface area contributed by atoms with Crippen molar-refractivity contribution < 1.29 is 14.3 Å². The third kappa shape index (κ3) is 4.43. The van der Waals surface area contributed by atoms with Crippen LogP contribution in [0.2, 0.25) is 0 Å². The van der Waals surface area contributed by atoms with Gasteiger partial charge in [-0.3, -0.25) is 9.59 Å². The summed E-state index contributed by atoms with van der Waals surface area (Å²) >= 11 is 1.60. The predicted molar refractivity (Wildman–Crippen MR) is 95.8 cm³/mol. The van der Waals surface area contributed by atoms with Crippen LogP contribution in [0.4, 0.5) is 0 Å². The lowest BCUT2D eigenvalue weighted by Crippen LogP contribution is -2.40. The fourth-order valence-corrected chi connectivity index (χ4v) is 3.32. The molecule has 3 rings (SSSR count). The van der Waals surface area contributed by atoms with Gasteiger partial charge < -0.3 is 15.0 Å². The quantitative estimate of drug-likeness (QED) is 0.888. The molecule has 1 aromatic heterocycles. The van der Waals surface area contributed by atoms with Gasteiger partial charge in [-0.15, -0.1) is 11.3 Å². The minimum absolute atomic E-state index is 0.0233. The van der Waals surface area contributed by atoms with Crippen LogP contribution in [0.25, 0.3) is 0 Å². The molecule has 1 saturated heterocycles. The third-order valence-corrected chi connectivity index (χ3v) is 5.07. The molecule has 7 heteroatoms. The maximum atomic E-state index is 12.4. The zero-order valence-corrected chi connectivity index (χ0v) is 15.0. The summed E-state index contributed by atoms with van der Waals surface area (Å²) in [5.74, 6) is -0.193. The lowest BCUT2D eigenvalue weighted by atomic mass is 10.1. The smallest absolute Gasteiger partial charge is 0.254 e. The molecule has 0 bridgehead atoms. The first-order valence-corrected chi connectivity index (χ1v) is 9.24. The van der Waals surface area contributed by atoms with Crippen molar-refractivity contribution in [3.05, 3.63) is 51.5 Å². The van der Waals surface area contributed by atoms with Gasteiger partial charge in [0.2, 0.25) is 0 Å². The average molecular weight is 359 g/mol. The topological polar surface area (TPSA) is 71.5 Å². The molecular weight excluding hydrogens is 338 g/mol. The Bertz CT molecular complexity index is 736. The van der Waals surface area contributed by atoms with Gasteiger partial charge in [-0.25, -0.2) is 4.98 Å². The van der Waals surface area contributed by atoms with E-state index in [0.717, 1.165) is 17.1 Å². The van der Waals surface area contributed by atoms with E-state index >= 15 is 0 Å². The summed E-state index contributed by atoms with van der Waals surface area (Å²) in [6.45, 7) is 4.82. The number of thiazole rings is 1. The summed E-state index contributed by atoms with van der Waals surface area (Å²) in [6, 6.07) is 6.76. The first kappa shape index (κ1) is 17.6. The van der Waals surface area contributed by atoms with Crippen LogP contribution in [0.15, 0.2) is 29.6 Å². The molecule has 1 aromatic carbocycles. The van der Waals surface area contributed by atoms with Gasteiger partial charge in [-0.05, 0) is 30.7 Å². The van der Waals surface area contributed by atoms with Crippen molar-refractivity contribution in [2.45, 2.75) is 19.9 Å². The van der Waals surface area contributed by atoms with E-state index in [4.69, 9.17) is 4.74 Å². The fraction of sp³-hybridized carbons (Fsp3) is 0.389. The van der Waals surface area contributed by atoms with Crippen LogP contribution in [0, 0.1) is 0 Å². The molecule has 2 heterocycles. The number of morpholine rings is 1. The second-order valence-corrected chi connectivity index (χ2v) is 6.69. The Morgan fingerprint density at radius 3 is 2.52 bits per heavy atom. The van der Waals surface area contributed by atoms with Crippen LogP contribution in [-0.2, 0) is 17.7 Å². The molecule has 0 saturated carbocycles. The van der Waals surface area contributed by atoms with E-state index in [1.54, 1.807) is 40.5 Å². The molecule has 0 spiro atoms. The minimum atomic E-state index is -0.170. The number of aryl methyl sites for hydroxylation is 1. The number of nitrogens with one attached hydrogen (secondary N) is 1. The van der Waals surface area contributed by atoms with Gasteiger partial charge in [0.1, 0.15) is 0 Å². The summed E-state index contributed by atoms with van der Waals surface area (Å²) in [4.78, 5) is 30.8. The number of nitrogens with zero attached hydrogens (tertiary/aromatic N) is 2. The third-order valence-electron chi connectivity index (χ3n) is 4.02. The molecule has 132 valence electrons. The Kier molecular flexibility index (Phi) is 5.78. The first-order valence-electron chi connectivity index (χ1n) is 8.36. The molecule has 1 N–H and O–H groups in total. The molecule has 0 atom stereocenters. The molecule has 2 amide bonds. The highest BCUT2D eigenvalue weighted by atomic mass is 32.1. The monoisotopic (exact) mass is 359 g/mol. The Hall–Kier alpha value is -2.25. The van der Waals surface area contributed by atoms with Gasteiger partial charge in [0.05, 0.1) is 30.5 Å². The van der Waals surface area contributed by atoms with E-state index in [-0.39, 0.29) is 11.8 Å². The number of aromatic nitrogens is 1. The molecule has 0 unspecified atom stereocenters. The number of carbonyl (C=O) groups is 2. The summed E-state index contributed by atoms with van der Waals surface area (Å²) in [5.41, 5.74) is 1.99. The highest BCUT2D eigenvalue weighted by Crippen LogP contribution is 2.12. The lowest BCUT2D eigenvalue weighted by molar-refractivity contribution is 0.0303. The first-order chi connectivity index (χ1) is 12.2. The molecule has 1 aliphatic rings. The van der Waals surface area contributed by atoms with Crippen molar-refractivity contribution in [2.75, 3.05) is 26.3 Å². The molecule has 6 nitrogen and oxygen atoms in total. The largest absolute Gasteiger partial charge is 0.378 e. The van der Waals surface area contributed by atoms with Gasteiger partial charge in [0.25, 0.3) is 11.8 Å². The molecule has 1 fully saturated rings. The van der Waals surface area contributed by atoms with Crippen LogP contribution in [0.3, 0.4) is 0 Å². The van der Waals surface area contributed by atoms with Crippen LogP contribution in [0.1, 0.15) is 38.3 Å². The highest BCUT2D eigenvalue weighted by molar-refractivity contribution is 7.09. The van der Waals surface area contributed by atoms with Crippen molar-refractivity contribution in [3.63, 3.8) is 0 Å². The SMILES string of the molecule is CCc1nc(CNC(=O)c2ccc(C(=O)N3CCOCC3)cc2)cs1. The summed E-state index contributed by atoms with van der Waals surface area (Å²) < 4.78 is 5.26. The van der Waals surface area contributed by atoms with Gasteiger partial charge in [-0.1, -0.05) is 6.92 Å². The Morgan fingerprint density at radius 2 is 1.88 bits per heavy atom. The molecule has 2 aromatic rings. The predicted octanol–water partition coefficient (Wildman–Crippen LogP) is 2.11. The standard InChI is InChI=1S/C18H21N3O3S/c1-2-16-20-15(12-25-16)11-19-17(22)13-3-5-14(6-4-13)18(23)21-7-9-24-10-8-21/h3-6,12H,2,7-11H2,1H3,(H,19,22). The average Bonchev–Trinajstić information content (AvgIpc) is 3.14. The number of hydrogen-bond acceptors (Lipinski definition) is 5. The summed E-state index contributed by atoms with van der Waals surface area (Å²) in [7, 11) is 0. The number of ether oxygens (including phenoxy) is 1. The van der Waals surface area contributed by atoms with Gasteiger partial charge >= 0.3 is 0 Å². The number of hydrogen-bond donors (Lipinski definition) is 1. The van der Waals surface area contributed by atoms with Crippen molar-refractivity contribution in [2.24, 2.45) is 0 Å². The van der Waals surface area contributed by atoms with Gasteiger partial charge in [-0.2, -0.15) is 0 Å². The van der Waals surface area contributed by atoms with E-state index in [2.05, 4.69) is 17.2 Å². The van der Waals surface area contributed by atoms with E-state index < -0.39 is 0 Å². The van der Waals surface area contributed by atoms with E-state index in [1.807, 2.05) is 5.38 Å². The molecule has 1 aliphatic heterocycles. The summed E-state index contributed by atoms with van der Waals surface area (Å²) in [6.07, 6.45) is 0.900. The Morgan fingerprint density at radius 1 is 1.20 bits per heavy atom. The van der Waals surface area contributed by atoms with Crippen molar-refractivity contribution >= 4 is 23.2 Å². The maximum absolute atomic E-state index is 12.4. The zero-order chi connectivity index (χ0) is 17.6. The number of carbonyl (C=O) groups excluding carboxylic acids is 2. The van der Waals surface area contributed by atoms with Gasteiger partial charge in [0.15, 0.2) is 0 Å². The second-order valence-electron chi connectivity index (χ2n) is 5.75. The van der Waals surface area contributed by atoms with Gasteiger partial charge in [0, 0.05) is 29.6 Å². The van der Waals surface area contributed by atoms with Crippen LogP contribution >= 0.6 is 11.3 Å². The van der Waals surface area contributed by atoms with Crippen LogP contribution in [-0.4, -0.2) is 48.0 Å². The van der Waals surface area contributed by atoms with E-state index in [9.17, 15) is 9.59 Å². The number of benzene rings is 1. The maximum Gasteiger partial charge on any atom is 0.254 e. The second kappa shape index (κ2) is 8.22. The van der Waals surface area contributed by atoms with E-state index in [1.165, 1.54) is 0 Å². The number of rotatable bonds is 5. The molecule has 0 radical (unpaired) electrons. The minimum Gasteiger partial charge on any atom is -0.378 e. The molecular formula is C18H21N3O3S.